The Morgan fingerprint density at radius 2 is 0.750 bits per heavy atom. The third-order valence-corrected chi connectivity index (χ3v) is 16.6. The van der Waals surface area contributed by atoms with Gasteiger partial charge in [0.1, 0.15) is 103 Å². The van der Waals surface area contributed by atoms with Crippen LogP contribution in [0.3, 0.4) is 0 Å². The predicted molar refractivity (Wildman–Crippen MR) is 411 cm³/mol. The van der Waals surface area contributed by atoms with Crippen LogP contribution in [0.2, 0.25) is 0 Å². The first-order valence-electron chi connectivity index (χ1n) is 35.0. The van der Waals surface area contributed by atoms with Crippen molar-refractivity contribution >= 4 is 51.2 Å². The summed E-state index contributed by atoms with van der Waals surface area (Å²) in [6, 6.07) is 60.9. The third kappa shape index (κ3) is 21.7. The van der Waals surface area contributed by atoms with Crippen LogP contribution in [0.15, 0.2) is 182 Å². The molecule has 0 aliphatic carbocycles. The van der Waals surface area contributed by atoms with E-state index in [-0.39, 0.29) is 11.7 Å². The Kier molecular flexibility index (Phi) is 26.6. The second-order valence-corrected chi connectivity index (χ2v) is 25.6. The molecule has 0 fully saturated rings. The molecule has 0 spiro atoms. The topological polar surface area (TPSA) is 191 Å². The van der Waals surface area contributed by atoms with Gasteiger partial charge in [0.25, 0.3) is 0 Å². The van der Waals surface area contributed by atoms with E-state index in [0.717, 1.165) is 215 Å². The van der Waals surface area contributed by atoms with Crippen LogP contribution in [0.1, 0.15) is 60.6 Å². The normalized spacial score (nSPS) is 16.0. The van der Waals surface area contributed by atoms with E-state index in [2.05, 4.69) is 165 Å². The lowest BCUT2D eigenvalue weighted by Crippen LogP contribution is -2.39. The maximum absolute atomic E-state index is 5.76. The zero-order valence-corrected chi connectivity index (χ0v) is 59.6. The number of fused-ring (bicyclic) bond motifs is 9. The van der Waals surface area contributed by atoms with Crippen LogP contribution < -0.4 is 90.5 Å². The fourth-order valence-corrected chi connectivity index (χ4v) is 11.6. The average molecular weight is 1360 g/mol. The molecule has 18 rings (SSSR count). The summed E-state index contributed by atoms with van der Waals surface area (Å²) in [6.45, 7) is 32.4. The predicted octanol–water partition coefficient (Wildman–Crippen LogP) is 16.8. The molecule has 9 aliphatic heterocycles. The Balaban J connectivity index is 0.000000122. The van der Waals surface area contributed by atoms with Crippen LogP contribution in [-0.2, 0) is 0 Å². The number of hydrogen-bond acceptors (Lipinski definition) is 18. The summed E-state index contributed by atoms with van der Waals surface area (Å²) in [4.78, 5) is 0. The number of para-hydroxylation sites is 10. The van der Waals surface area contributed by atoms with Crippen molar-refractivity contribution in [3.05, 3.63) is 215 Å². The Hall–Kier alpha value is -10.6. The van der Waals surface area contributed by atoms with E-state index in [1.54, 1.807) is 0 Å². The molecule has 0 radical (unpaired) electrons. The molecule has 0 saturated carbocycles. The van der Waals surface area contributed by atoms with Crippen LogP contribution >= 0.6 is 0 Å². The summed E-state index contributed by atoms with van der Waals surface area (Å²) >= 11 is 0. The molecule has 1 unspecified atom stereocenters. The molecule has 0 bridgehead atoms. The number of ether oxygens (including phenoxy) is 9. The maximum Gasteiger partial charge on any atom is 0.145 e. The van der Waals surface area contributed by atoms with Gasteiger partial charge in [-0.2, -0.15) is 0 Å². The van der Waals surface area contributed by atoms with Gasteiger partial charge >= 0.3 is 0 Å². The zero-order chi connectivity index (χ0) is 69.9. The molecule has 0 amide bonds. The van der Waals surface area contributed by atoms with Crippen LogP contribution in [0.5, 0.6) is 51.7 Å². The first kappa shape index (κ1) is 72.1. The molecular weight excluding hydrogens is 1250 g/mol. The summed E-state index contributed by atoms with van der Waals surface area (Å²) in [5, 5.41) is 29.6. The maximum atomic E-state index is 5.76. The highest BCUT2D eigenvalue weighted by Gasteiger charge is 2.26. The minimum Gasteiger partial charge on any atom is -0.491 e. The van der Waals surface area contributed by atoms with E-state index in [4.69, 9.17) is 42.6 Å². The highest BCUT2D eigenvalue weighted by atomic mass is 16.5. The lowest BCUT2D eigenvalue weighted by Gasteiger charge is -2.33. The molecule has 18 heteroatoms. The van der Waals surface area contributed by atoms with Gasteiger partial charge in [0.2, 0.25) is 0 Å². The Bertz CT molecular complexity index is 3880. The lowest BCUT2D eigenvalue weighted by atomic mass is 10.1. The number of rotatable bonds is 0. The van der Waals surface area contributed by atoms with Crippen molar-refractivity contribution in [2.24, 2.45) is 0 Å². The second kappa shape index (κ2) is 36.8. The van der Waals surface area contributed by atoms with Crippen LogP contribution in [0.25, 0.3) is 0 Å². The van der Waals surface area contributed by atoms with E-state index in [0.29, 0.717) is 0 Å². The Labute approximate surface area is 591 Å². The fourth-order valence-electron chi connectivity index (χ4n) is 11.6. The molecule has 9 heterocycles. The van der Waals surface area contributed by atoms with Gasteiger partial charge in [0.15, 0.2) is 0 Å². The summed E-state index contributed by atoms with van der Waals surface area (Å²) in [6.07, 6.45) is 1.36. The van der Waals surface area contributed by atoms with E-state index in [1.807, 2.05) is 127 Å². The van der Waals surface area contributed by atoms with Crippen molar-refractivity contribution in [3.63, 3.8) is 0 Å². The Morgan fingerprint density at radius 3 is 1.41 bits per heavy atom. The molecule has 100 heavy (non-hydrogen) atoms. The molecule has 0 saturated heterocycles. The van der Waals surface area contributed by atoms with E-state index in [1.165, 1.54) is 33.4 Å². The van der Waals surface area contributed by atoms with E-state index < -0.39 is 0 Å². The van der Waals surface area contributed by atoms with E-state index >= 15 is 0 Å². The third-order valence-electron chi connectivity index (χ3n) is 16.6. The summed E-state index contributed by atoms with van der Waals surface area (Å²) in [7, 11) is 0. The number of nitrogens with one attached hydrogen (secondary N) is 9. The van der Waals surface area contributed by atoms with Gasteiger partial charge < -0.3 is 90.5 Å². The van der Waals surface area contributed by atoms with Gasteiger partial charge in [0.05, 0.1) is 70.9 Å². The summed E-state index contributed by atoms with van der Waals surface area (Å²) < 4.78 is 49.5. The van der Waals surface area contributed by atoms with Crippen molar-refractivity contribution in [2.45, 2.75) is 80.4 Å². The van der Waals surface area contributed by atoms with Gasteiger partial charge in [-0.05, 0) is 193 Å². The molecule has 9 aromatic rings. The Morgan fingerprint density at radius 1 is 0.310 bits per heavy atom. The van der Waals surface area contributed by atoms with Crippen molar-refractivity contribution in [3.8, 4) is 51.7 Å². The first-order valence-corrected chi connectivity index (χ1v) is 35.0. The van der Waals surface area contributed by atoms with E-state index in [9.17, 15) is 0 Å². The highest BCUT2D eigenvalue weighted by Crippen LogP contribution is 2.36. The standard InChI is InChI=1S/2C10H13NO.6C9H11NO.C8H9NO/c1-7-5-8(2)10-9(6-7)11-3-4-12-10;1-10(2)7-11-8-5-3-4-6-9(8)12-10;1-7-2-3-9-8(6-7)10-4-5-11-9;1-7-2-3-8-9(6-7)11-5-4-10-8;1-7-3-2-4-8-9(7)10-5-6-11-8;1-7-3-2-4-8-9(7)11-6-5-10-8;1-7-6-10-8-4-2-3-5-9(8)11-7;1-2-5-9-8(4-1)10-6-3-7-11-9;1-2-4-8-7(3-1)9-5-6-10-8/h5-6,11H,3-4H2,1-2H3;3-6,11H,7H2,1-2H3;2*2-3,6,10H,4-5H2,1H3;2*2-4,10H,5-6H2,1H3;2-5,7,10H,6H2,1H3;1-2,4-5,10H,3,6-7H2;1-4,9H,5-6H2. The van der Waals surface area contributed by atoms with Crippen LogP contribution in [-0.4, -0.2) is 117 Å². The molecule has 528 valence electrons. The first-order chi connectivity index (χ1) is 48.7. The number of anilines is 9. The molecule has 9 aliphatic rings. The number of aryl methyl sites for hydroxylation is 6. The largest absolute Gasteiger partial charge is 0.491 e. The molecular formula is C82H101N9O9. The fraction of sp³-hybridized carbons (Fsp3) is 0.341. The van der Waals surface area contributed by atoms with Crippen molar-refractivity contribution in [1.82, 2.24) is 0 Å². The average Bonchev–Trinajstić information content (AvgIpc) is 1.01. The zero-order valence-electron chi connectivity index (χ0n) is 59.6. The SMILES string of the molecule is CC1(C)CNc2ccccc2O1.CC1CNc2ccccc2O1.Cc1cc(C)c2c(c1)NCCO2.Cc1ccc2c(c1)NCCO2.Cc1ccc2c(c1)OCCN2.Cc1cccc2c1NCCO2.Cc1cccc2c1OCCN2.c1ccc2c(c1)NCCCO2.c1ccc2c(c1)NCCO2. The second-order valence-electron chi connectivity index (χ2n) is 25.6. The molecule has 1 atom stereocenters. The van der Waals surface area contributed by atoms with Gasteiger partial charge in [-0.25, -0.2) is 0 Å². The van der Waals surface area contributed by atoms with Gasteiger partial charge in [-0.1, -0.05) is 91.0 Å². The van der Waals surface area contributed by atoms with Crippen molar-refractivity contribution in [1.29, 1.82) is 0 Å². The number of benzene rings is 9. The monoisotopic (exact) mass is 1360 g/mol. The summed E-state index contributed by atoms with van der Waals surface area (Å²) in [5.41, 5.74) is 17.4. The molecule has 0 aromatic heterocycles. The van der Waals surface area contributed by atoms with Crippen LogP contribution in [0, 0.1) is 41.5 Å². The van der Waals surface area contributed by atoms with Gasteiger partial charge in [-0.3, -0.25) is 0 Å². The molecule has 9 N–H and O–H groups in total. The van der Waals surface area contributed by atoms with Gasteiger partial charge in [-0.15, -0.1) is 0 Å². The quantitative estimate of drug-likeness (QED) is 0.0696. The van der Waals surface area contributed by atoms with Crippen molar-refractivity contribution < 1.29 is 42.6 Å². The minimum atomic E-state index is -0.0889. The smallest absolute Gasteiger partial charge is 0.145 e. The lowest BCUT2D eigenvalue weighted by molar-refractivity contribution is 0.116. The molecule has 18 nitrogen and oxygen atoms in total. The summed E-state index contributed by atoms with van der Waals surface area (Å²) in [5.74, 6) is 8.83. The van der Waals surface area contributed by atoms with Crippen LogP contribution in [0.4, 0.5) is 51.2 Å². The molecule has 9 aromatic carbocycles. The van der Waals surface area contributed by atoms with Crippen molar-refractivity contribution in [2.75, 3.05) is 153 Å². The highest BCUT2D eigenvalue weighted by molar-refractivity contribution is 5.66. The number of hydrogen-bond donors (Lipinski definition) is 9. The minimum absolute atomic E-state index is 0.0889. The van der Waals surface area contributed by atoms with Gasteiger partial charge in [0, 0.05) is 45.8 Å².